The Labute approximate surface area is 122 Å². The van der Waals surface area contributed by atoms with Crippen LogP contribution < -0.4 is 5.73 Å². The zero-order valence-corrected chi connectivity index (χ0v) is 13.0. The van der Waals surface area contributed by atoms with Gasteiger partial charge in [0.05, 0.1) is 0 Å². The van der Waals surface area contributed by atoms with E-state index in [1.807, 2.05) is 0 Å². The number of carbonyl (C=O) groups excluding carboxylic acids is 1. The van der Waals surface area contributed by atoms with E-state index in [1.54, 1.807) is 11.8 Å². The summed E-state index contributed by atoms with van der Waals surface area (Å²) < 4.78 is 0. The second-order valence-corrected chi connectivity index (χ2v) is 5.56. The highest BCUT2D eigenvalue weighted by molar-refractivity contribution is 7.99. The summed E-state index contributed by atoms with van der Waals surface area (Å²) in [6.07, 6.45) is 5.01. The van der Waals surface area contributed by atoms with Gasteiger partial charge in [0.15, 0.2) is 0 Å². The smallest absolute Gasteiger partial charge is 0.120 e. The van der Waals surface area contributed by atoms with Crippen molar-refractivity contribution < 1.29 is 4.79 Å². The number of carbonyl (C=O) groups is 1. The van der Waals surface area contributed by atoms with Crippen molar-refractivity contribution in [3.05, 3.63) is 35.4 Å². The predicted molar refractivity (Wildman–Crippen MR) is 86.9 cm³/mol. The fourth-order valence-corrected chi connectivity index (χ4v) is 2.27. The molecule has 2 nitrogen and oxygen atoms in total. The molecule has 0 unspecified atom stereocenters. The molecule has 2 N–H and O–H groups in total. The Morgan fingerprint density at radius 2 is 1.89 bits per heavy atom. The Hall–Kier alpha value is -0.800. The lowest BCUT2D eigenvalue weighted by Crippen LogP contribution is -2.01. The predicted octanol–water partition coefficient (Wildman–Crippen LogP) is 3.47. The summed E-state index contributed by atoms with van der Waals surface area (Å²) in [6.45, 7) is 5.08. The molecule has 0 aliphatic heterocycles. The molecule has 0 aliphatic carbocycles. The van der Waals surface area contributed by atoms with Gasteiger partial charge in [-0.3, -0.25) is 0 Å². The van der Waals surface area contributed by atoms with Crippen LogP contribution in [0.3, 0.4) is 0 Å². The SMILES string of the molecule is CCSCCC=O.CCc1ccccc1CCCN. The van der Waals surface area contributed by atoms with E-state index in [9.17, 15) is 4.79 Å². The lowest BCUT2D eigenvalue weighted by molar-refractivity contribution is -0.107. The van der Waals surface area contributed by atoms with E-state index in [1.165, 1.54) is 11.1 Å². The molecule has 0 atom stereocenters. The molecule has 108 valence electrons. The molecule has 0 fully saturated rings. The third kappa shape index (κ3) is 9.74. The van der Waals surface area contributed by atoms with E-state index in [2.05, 4.69) is 38.1 Å². The van der Waals surface area contributed by atoms with E-state index in [4.69, 9.17) is 5.73 Å². The highest BCUT2D eigenvalue weighted by atomic mass is 32.2. The van der Waals surface area contributed by atoms with Gasteiger partial charge in [-0.15, -0.1) is 0 Å². The van der Waals surface area contributed by atoms with Crippen molar-refractivity contribution >= 4 is 18.0 Å². The number of thioether (sulfide) groups is 1. The molecule has 1 aromatic rings. The minimum atomic E-state index is 0.707. The third-order valence-electron chi connectivity index (χ3n) is 2.73. The largest absolute Gasteiger partial charge is 0.330 e. The quantitative estimate of drug-likeness (QED) is 0.586. The van der Waals surface area contributed by atoms with Gasteiger partial charge >= 0.3 is 0 Å². The van der Waals surface area contributed by atoms with Gasteiger partial charge in [-0.2, -0.15) is 11.8 Å². The Bertz CT molecular complexity index is 328. The second kappa shape index (κ2) is 13.6. The molecule has 0 heterocycles. The van der Waals surface area contributed by atoms with Gasteiger partial charge in [0, 0.05) is 6.42 Å². The molecule has 0 amide bonds. The highest BCUT2D eigenvalue weighted by Crippen LogP contribution is 2.10. The van der Waals surface area contributed by atoms with Crippen molar-refractivity contribution in [3.63, 3.8) is 0 Å². The average Bonchev–Trinajstić information content (AvgIpc) is 2.46. The fraction of sp³-hybridized carbons (Fsp3) is 0.562. The van der Waals surface area contributed by atoms with Crippen molar-refractivity contribution in [2.24, 2.45) is 5.73 Å². The van der Waals surface area contributed by atoms with Crippen LogP contribution in [0.4, 0.5) is 0 Å². The van der Waals surface area contributed by atoms with Crippen LogP contribution >= 0.6 is 11.8 Å². The first-order valence-corrected chi connectivity index (χ1v) is 8.23. The number of nitrogens with two attached hydrogens (primary N) is 1. The zero-order valence-electron chi connectivity index (χ0n) is 12.2. The standard InChI is InChI=1S/C11H17N.C5H10OS/c1-2-10-6-3-4-7-11(10)8-5-9-12;1-2-7-5-3-4-6/h3-4,6-7H,2,5,8-9,12H2,1H3;4H,2-3,5H2,1H3. The molecule has 0 saturated carbocycles. The third-order valence-corrected chi connectivity index (χ3v) is 3.67. The minimum Gasteiger partial charge on any atom is -0.330 e. The summed E-state index contributed by atoms with van der Waals surface area (Å²) in [4.78, 5) is 9.67. The maximum Gasteiger partial charge on any atom is 0.120 e. The molecule has 1 aromatic carbocycles. The Morgan fingerprint density at radius 3 is 2.42 bits per heavy atom. The molecule has 3 heteroatoms. The van der Waals surface area contributed by atoms with Crippen molar-refractivity contribution in [1.82, 2.24) is 0 Å². The lowest BCUT2D eigenvalue weighted by atomic mass is 10.0. The summed E-state index contributed by atoms with van der Waals surface area (Å²) in [7, 11) is 0. The van der Waals surface area contributed by atoms with Crippen molar-refractivity contribution in [3.8, 4) is 0 Å². The van der Waals surface area contributed by atoms with Crippen LogP contribution in [0.1, 0.15) is 37.8 Å². The van der Waals surface area contributed by atoms with E-state index in [-0.39, 0.29) is 0 Å². The van der Waals surface area contributed by atoms with Crippen LogP contribution in [0, 0.1) is 0 Å². The first-order valence-electron chi connectivity index (χ1n) is 7.08. The number of hydrogen-bond donors (Lipinski definition) is 1. The zero-order chi connectivity index (χ0) is 14.3. The number of aldehydes is 1. The van der Waals surface area contributed by atoms with E-state index >= 15 is 0 Å². The van der Waals surface area contributed by atoms with Gasteiger partial charge < -0.3 is 10.5 Å². The van der Waals surface area contributed by atoms with E-state index in [0.29, 0.717) is 6.42 Å². The molecular formula is C16H27NOS. The summed E-state index contributed by atoms with van der Waals surface area (Å²) in [5, 5.41) is 0. The summed E-state index contributed by atoms with van der Waals surface area (Å²) in [6, 6.07) is 8.61. The molecule has 19 heavy (non-hydrogen) atoms. The van der Waals surface area contributed by atoms with Crippen LogP contribution in [-0.4, -0.2) is 24.3 Å². The molecule has 0 aromatic heterocycles. The maximum absolute atomic E-state index is 9.67. The van der Waals surface area contributed by atoms with E-state index < -0.39 is 0 Å². The molecule has 0 radical (unpaired) electrons. The van der Waals surface area contributed by atoms with Gasteiger partial charge in [0.25, 0.3) is 0 Å². The normalized spacial score (nSPS) is 9.63. The first-order chi connectivity index (χ1) is 9.29. The Balaban J connectivity index is 0.000000399. The van der Waals surface area contributed by atoms with Crippen molar-refractivity contribution in [2.75, 3.05) is 18.1 Å². The average molecular weight is 281 g/mol. The van der Waals surface area contributed by atoms with Gasteiger partial charge in [-0.05, 0) is 48.4 Å². The maximum atomic E-state index is 9.67. The molecule has 0 saturated heterocycles. The lowest BCUT2D eigenvalue weighted by Gasteiger charge is -2.05. The van der Waals surface area contributed by atoms with Crippen LogP contribution in [0.2, 0.25) is 0 Å². The summed E-state index contributed by atoms with van der Waals surface area (Å²) >= 11 is 1.80. The molecule has 0 spiro atoms. The van der Waals surface area contributed by atoms with Crippen molar-refractivity contribution in [1.29, 1.82) is 0 Å². The monoisotopic (exact) mass is 281 g/mol. The van der Waals surface area contributed by atoms with E-state index in [0.717, 1.165) is 43.6 Å². The first kappa shape index (κ1) is 18.2. The molecule has 0 aliphatic rings. The number of rotatable bonds is 8. The van der Waals surface area contributed by atoms with Gasteiger partial charge in [0.1, 0.15) is 6.29 Å². The van der Waals surface area contributed by atoms with Gasteiger partial charge in [0.2, 0.25) is 0 Å². The Kier molecular flexibility index (Phi) is 13.1. The Morgan fingerprint density at radius 1 is 1.21 bits per heavy atom. The summed E-state index contributed by atoms with van der Waals surface area (Å²) in [5.41, 5.74) is 8.40. The second-order valence-electron chi connectivity index (χ2n) is 4.17. The van der Waals surface area contributed by atoms with Crippen LogP contribution in [0.5, 0.6) is 0 Å². The highest BCUT2D eigenvalue weighted by Gasteiger charge is 1.97. The molecule has 1 rings (SSSR count). The number of hydrogen-bond acceptors (Lipinski definition) is 3. The summed E-state index contributed by atoms with van der Waals surface area (Å²) in [5.74, 6) is 2.10. The van der Waals surface area contributed by atoms with Crippen molar-refractivity contribution in [2.45, 2.75) is 39.5 Å². The topological polar surface area (TPSA) is 43.1 Å². The number of benzene rings is 1. The number of aryl methyl sites for hydroxylation is 2. The fourth-order valence-electron chi connectivity index (χ4n) is 1.71. The molecule has 0 bridgehead atoms. The van der Waals surface area contributed by atoms with Crippen LogP contribution in [0.25, 0.3) is 0 Å². The minimum absolute atomic E-state index is 0.707. The van der Waals surface area contributed by atoms with Crippen LogP contribution in [0.15, 0.2) is 24.3 Å². The van der Waals surface area contributed by atoms with Crippen LogP contribution in [-0.2, 0) is 17.6 Å². The van der Waals surface area contributed by atoms with Gasteiger partial charge in [-0.1, -0.05) is 38.1 Å². The molecular weight excluding hydrogens is 254 g/mol. The van der Waals surface area contributed by atoms with Gasteiger partial charge in [-0.25, -0.2) is 0 Å².